The van der Waals surface area contributed by atoms with Gasteiger partial charge in [0.2, 0.25) is 0 Å². The highest BCUT2D eigenvalue weighted by atomic mass is 79.9. The zero-order valence-corrected chi connectivity index (χ0v) is 12.3. The van der Waals surface area contributed by atoms with Crippen molar-refractivity contribution >= 4 is 33.4 Å². The number of rotatable bonds is 3. The number of halogens is 2. The lowest BCUT2D eigenvalue weighted by Crippen LogP contribution is -1.92. The van der Waals surface area contributed by atoms with Crippen LogP contribution in [0.5, 0.6) is 0 Å². The first-order chi connectivity index (χ1) is 8.56. The van der Waals surface area contributed by atoms with Gasteiger partial charge in [0, 0.05) is 16.3 Å². The maximum absolute atomic E-state index is 13.4. The summed E-state index contributed by atoms with van der Waals surface area (Å²) in [5.74, 6) is 0.503. The molecule has 94 valence electrons. The molecule has 2 aromatic rings. The van der Waals surface area contributed by atoms with Crippen molar-refractivity contribution in [3.05, 3.63) is 57.8 Å². The van der Waals surface area contributed by atoms with E-state index in [1.54, 1.807) is 17.8 Å². The number of hydrogen-bond acceptors (Lipinski definition) is 2. The maximum Gasteiger partial charge on any atom is 0.138 e. The summed E-state index contributed by atoms with van der Waals surface area (Å²) in [5.41, 5.74) is 8.90. The Hall–Kier alpha value is -1.00. The molecule has 0 saturated heterocycles. The highest BCUT2D eigenvalue weighted by Crippen LogP contribution is 2.32. The van der Waals surface area contributed by atoms with Gasteiger partial charge in [-0.3, -0.25) is 0 Å². The Kier molecular flexibility index (Phi) is 4.30. The van der Waals surface area contributed by atoms with Crippen LogP contribution >= 0.6 is 27.7 Å². The molecule has 0 bridgehead atoms. The van der Waals surface area contributed by atoms with Crippen molar-refractivity contribution in [2.45, 2.75) is 17.6 Å². The first-order valence-corrected chi connectivity index (χ1v) is 7.27. The number of aryl methyl sites for hydroxylation is 1. The second-order valence-corrected chi connectivity index (χ2v) is 5.95. The highest BCUT2D eigenvalue weighted by Gasteiger charge is 2.06. The Balaban J connectivity index is 2.13. The van der Waals surface area contributed by atoms with Crippen molar-refractivity contribution in [2.24, 2.45) is 0 Å². The van der Waals surface area contributed by atoms with Gasteiger partial charge in [0.15, 0.2) is 0 Å². The average Bonchev–Trinajstić information content (AvgIpc) is 2.32. The summed E-state index contributed by atoms with van der Waals surface area (Å²) >= 11 is 4.67. The molecule has 0 aliphatic carbocycles. The molecule has 1 nitrogen and oxygen atoms in total. The number of benzene rings is 2. The summed E-state index contributed by atoms with van der Waals surface area (Å²) in [6.07, 6.45) is 0. The SMILES string of the molecule is Cc1cccc(CSc2cc(F)c(Br)cc2N)c1. The number of nitrogen functional groups attached to an aromatic ring is 1. The van der Waals surface area contributed by atoms with E-state index in [2.05, 4.69) is 41.1 Å². The summed E-state index contributed by atoms with van der Waals surface area (Å²) in [6, 6.07) is 11.3. The molecule has 0 aliphatic rings. The van der Waals surface area contributed by atoms with Crippen molar-refractivity contribution in [3.63, 3.8) is 0 Å². The van der Waals surface area contributed by atoms with E-state index < -0.39 is 0 Å². The molecule has 0 aliphatic heterocycles. The topological polar surface area (TPSA) is 26.0 Å². The van der Waals surface area contributed by atoms with Crippen molar-refractivity contribution in [3.8, 4) is 0 Å². The number of thioether (sulfide) groups is 1. The van der Waals surface area contributed by atoms with Crippen LogP contribution in [0.15, 0.2) is 45.8 Å². The molecule has 18 heavy (non-hydrogen) atoms. The van der Waals surface area contributed by atoms with Gasteiger partial charge in [-0.2, -0.15) is 0 Å². The Morgan fingerprint density at radius 2 is 2.06 bits per heavy atom. The Morgan fingerprint density at radius 3 is 2.78 bits per heavy atom. The van der Waals surface area contributed by atoms with Crippen molar-refractivity contribution < 1.29 is 4.39 Å². The minimum atomic E-state index is -0.282. The summed E-state index contributed by atoms with van der Waals surface area (Å²) in [5, 5.41) is 0. The third-order valence-electron chi connectivity index (χ3n) is 2.53. The van der Waals surface area contributed by atoms with Crippen LogP contribution in [-0.4, -0.2) is 0 Å². The largest absolute Gasteiger partial charge is 0.398 e. The summed E-state index contributed by atoms with van der Waals surface area (Å²) in [4.78, 5) is 0.775. The molecule has 2 aromatic carbocycles. The number of nitrogens with two attached hydrogens (primary N) is 1. The van der Waals surface area contributed by atoms with E-state index in [-0.39, 0.29) is 5.82 Å². The van der Waals surface area contributed by atoms with Crippen molar-refractivity contribution in [1.82, 2.24) is 0 Å². The molecule has 0 amide bonds. The zero-order chi connectivity index (χ0) is 13.1. The fourth-order valence-corrected chi connectivity index (χ4v) is 2.91. The van der Waals surface area contributed by atoms with E-state index in [1.165, 1.54) is 17.2 Å². The Bertz CT molecular complexity index is 572. The molecule has 4 heteroatoms. The molecule has 2 rings (SSSR count). The quantitative estimate of drug-likeness (QED) is 0.649. The Labute approximate surface area is 119 Å². The van der Waals surface area contributed by atoms with Crippen molar-refractivity contribution in [2.75, 3.05) is 5.73 Å². The number of anilines is 1. The van der Waals surface area contributed by atoms with Crippen LogP contribution in [0.1, 0.15) is 11.1 Å². The van der Waals surface area contributed by atoms with Crippen molar-refractivity contribution in [1.29, 1.82) is 0 Å². The molecule has 0 saturated carbocycles. The van der Waals surface area contributed by atoms with E-state index in [0.717, 1.165) is 10.6 Å². The molecule has 0 heterocycles. The lowest BCUT2D eigenvalue weighted by atomic mass is 10.2. The molecule has 0 atom stereocenters. The van der Waals surface area contributed by atoms with Crippen LogP contribution in [0, 0.1) is 12.7 Å². The molecule has 0 unspecified atom stereocenters. The fraction of sp³-hybridized carbons (Fsp3) is 0.143. The predicted molar refractivity (Wildman–Crippen MR) is 79.3 cm³/mol. The van der Waals surface area contributed by atoms with Crippen LogP contribution in [0.3, 0.4) is 0 Å². The molecule has 0 fully saturated rings. The predicted octanol–water partition coefficient (Wildman–Crippen LogP) is 4.77. The lowest BCUT2D eigenvalue weighted by molar-refractivity contribution is 0.618. The minimum Gasteiger partial charge on any atom is -0.398 e. The summed E-state index contributed by atoms with van der Waals surface area (Å²) in [7, 11) is 0. The van der Waals surface area contributed by atoms with Gasteiger partial charge in [-0.05, 0) is 40.5 Å². The van der Waals surface area contributed by atoms with E-state index in [1.807, 2.05) is 6.07 Å². The summed E-state index contributed by atoms with van der Waals surface area (Å²) < 4.78 is 13.8. The van der Waals surface area contributed by atoms with Gasteiger partial charge in [0.25, 0.3) is 0 Å². The average molecular weight is 326 g/mol. The second kappa shape index (κ2) is 5.76. The van der Waals surface area contributed by atoms with Gasteiger partial charge in [0.05, 0.1) is 4.47 Å². The van der Waals surface area contributed by atoms with Gasteiger partial charge < -0.3 is 5.73 Å². The smallest absolute Gasteiger partial charge is 0.138 e. The van der Waals surface area contributed by atoms with E-state index in [9.17, 15) is 4.39 Å². The van der Waals surface area contributed by atoms with Gasteiger partial charge in [-0.25, -0.2) is 4.39 Å². The van der Waals surface area contributed by atoms with E-state index in [0.29, 0.717) is 10.2 Å². The third kappa shape index (κ3) is 3.27. The molecule has 2 N–H and O–H groups in total. The Morgan fingerprint density at radius 1 is 1.28 bits per heavy atom. The van der Waals surface area contributed by atoms with Crippen LogP contribution in [0.4, 0.5) is 10.1 Å². The maximum atomic E-state index is 13.4. The number of hydrogen-bond donors (Lipinski definition) is 1. The normalized spacial score (nSPS) is 10.6. The molecule has 0 spiro atoms. The fourth-order valence-electron chi connectivity index (χ4n) is 1.63. The van der Waals surface area contributed by atoms with Gasteiger partial charge in [-0.1, -0.05) is 29.8 Å². The van der Waals surface area contributed by atoms with Crippen LogP contribution in [0.25, 0.3) is 0 Å². The second-order valence-electron chi connectivity index (χ2n) is 4.08. The standard InChI is InChI=1S/C14H13BrFNS/c1-9-3-2-4-10(5-9)8-18-14-7-12(16)11(15)6-13(14)17/h2-7H,8,17H2,1H3. The third-order valence-corrected chi connectivity index (χ3v) is 4.28. The highest BCUT2D eigenvalue weighted by molar-refractivity contribution is 9.10. The van der Waals surface area contributed by atoms with Gasteiger partial charge >= 0.3 is 0 Å². The van der Waals surface area contributed by atoms with Crippen LogP contribution < -0.4 is 5.73 Å². The van der Waals surface area contributed by atoms with Crippen LogP contribution in [0.2, 0.25) is 0 Å². The summed E-state index contributed by atoms with van der Waals surface area (Å²) in [6.45, 7) is 2.06. The molecule has 0 aromatic heterocycles. The first-order valence-electron chi connectivity index (χ1n) is 5.49. The minimum absolute atomic E-state index is 0.282. The first kappa shape index (κ1) is 13.4. The van der Waals surface area contributed by atoms with E-state index in [4.69, 9.17) is 5.73 Å². The van der Waals surface area contributed by atoms with E-state index >= 15 is 0 Å². The molecular formula is C14H13BrFNS. The van der Waals surface area contributed by atoms with Gasteiger partial charge in [0.1, 0.15) is 5.82 Å². The van der Waals surface area contributed by atoms with Gasteiger partial charge in [-0.15, -0.1) is 11.8 Å². The van der Waals surface area contributed by atoms with Crippen LogP contribution in [-0.2, 0) is 5.75 Å². The monoisotopic (exact) mass is 325 g/mol. The molecule has 0 radical (unpaired) electrons. The lowest BCUT2D eigenvalue weighted by Gasteiger charge is -2.07. The molecular weight excluding hydrogens is 313 g/mol. The zero-order valence-electron chi connectivity index (χ0n) is 9.91.